The Morgan fingerprint density at radius 3 is 1.52 bits per heavy atom. The summed E-state index contributed by atoms with van der Waals surface area (Å²) in [6, 6.07) is 0. The zero-order chi connectivity index (χ0) is 45.7. The Hall–Kier alpha value is -3.75. The molecule has 348 valence electrons. The summed E-state index contributed by atoms with van der Waals surface area (Å²) in [5.74, 6) is -1.23. The van der Waals surface area contributed by atoms with E-state index in [1.54, 1.807) is 0 Å². The van der Waals surface area contributed by atoms with Gasteiger partial charge in [-0.2, -0.15) is 0 Å². The van der Waals surface area contributed by atoms with E-state index in [2.05, 4.69) is 80.7 Å². The lowest BCUT2D eigenvalue weighted by Gasteiger charge is -2.41. The molecule has 1 saturated carbocycles. The number of hydrogen-bond acceptors (Lipinski definition) is 12. The smallest absolute Gasteiger partial charge is 0.462 e. The van der Waals surface area contributed by atoms with Crippen LogP contribution in [0.2, 0.25) is 0 Å². The number of ether oxygens (including phenoxy) is 2. The molecule has 1 rings (SSSR count). The first-order chi connectivity index (χ1) is 29.9. The van der Waals surface area contributed by atoms with Crippen LogP contribution in [0.3, 0.4) is 0 Å². The molecule has 8 atom stereocenters. The summed E-state index contributed by atoms with van der Waals surface area (Å²) in [5.41, 5.74) is 0. The first-order valence-corrected chi connectivity index (χ1v) is 23.4. The number of carbonyl (C=O) groups is 2. The van der Waals surface area contributed by atoms with Gasteiger partial charge in [0, 0.05) is 12.8 Å². The molecule has 0 aromatic heterocycles. The Kier molecular flexibility index (Phi) is 33.3. The van der Waals surface area contributed by atoms with Crippen LogP contribution in [0.15, 0.2) is 122 Å². The van der Waals surface area contributed by atoms with Crippen LogP contribution < -0.4 is 0 Å². The molecule has 0 heterocycles. The maximum absolute atomic E-state index is 12.8. The highest BCUT2D eigenvalue weighted by molar-refractivity contribution is 7.47. The minimum Gasteiger partial charge on any atom is -0.462 e. The van der Waals surface area contributed by atoms with Gasteiger partial charge in [0.1, 0.15) is 43.2 Å². The highest BCUT2D eigenvalue weighted by atomic mass is 31.2. The van der Waals surface area contributed by atoms with Gasteiger partial charge >= 0.3 is 19.8 Å². The van der Waals surface area contributed by atoms with Crippen molar-refractivity contribution in [3.05, 3.63) is 122 Å². The highest BCUT2D eigenvalue weighted by Gasteiger charge is 2.51. The summed E-state index contributed by atoms with van der Waals surface area (Å²) in [7, 11) is -5.15. The molecular formula is C48H73O13P. The lowest BCUT2D eigenvalue weighted by Crippen LogP contribution is -2.64. The summed E-state index contributed by atoms with van der Waals surface area (Å²) in [6.07, 6.45) is 38.4. The molecule has 0 radical (unpaired) electrons. The van der Waals surface area contributed by atoms with Gasteiger partial charge in [0.05, 0.1) is 6.61 Å². The third-order valence-electron chi connectivity index (χ3n) is 9.14. The Labute approximate surface area is 369 Å². The van der Waals surface area contributed by atoms with Crippen molar-refractivity contribution >= 4 is 19.8 Å². The molecule has 14 heteroatoms. The molecule has 0 bridgehead atoms. The van der Waals surface area contributed by atoms with E-state index >= 15 is 0 Å². The van der Waals surface area contributed by atoms with Gasteiger partial charge in [-0.1, -0.05) is 142 Å². The van der Waals surface area contributed by atoms with E-state index in [9.17, 15) is 44.6 Å². The molecule has 1 fully saturated rings. The Morgan fingerprint density at radius 1 is 0.516 bits per heavy atom. The van der Waals surface area contributed by atoms with E-state index in [0.29, 0.717) is 19.3 Å². The minimum absolute atomic E-state index is 0.0297. The van der Waals surface area contributed by atoms with Crippen molar-refractivity contribution in [2.75, 3.05) is 13.2 Å². The van der Waals surface area contributed by atoms with Gasteiger partial charge < -0.3 is 39.9 Å². The second-order valence-corrected chi connectivity index (χ2v) is 15.9. The van der Waals surface area contributed by atoms with E-state index in [0.717, 1.165) is 64.2 Å². The predicted octanol–water partition coefficient (Wildman–Crippen LogP) is 8.22. The number of esters is 2. The second-order valence-electron chi connectivity index (χ2n) is 14.5. The normalized spacial score (nSPS) is 23.0. The quantitative estimate of drug-likeness (QED) is 0.0121. The molecule has 7 unspecified atom stereocenters. The topological polar surface area (TPSA) is 210 Å². The molecular weight excluding hydrogens is 815 g/mol. The first-order valence-electron chi connectivity index (χ1n) is 21.9. The number of aliphatic hydroxyl groups excluding tert-OH is 5. The second kappa shape index (κ2) is 36.7. The maximum atomic E-state index is 12.8. The van der Waals surface area contributed by atoms with Crippen molar-refractivity contribution in [2.45, 2.75) is 153 Å². The fourth-order valence-corrected chi connectivity index (χ4v) is 6.63. The van der Waals surface area contributed by atoms with Crippen LogP contribution in [-0.4, -0.2) is 98.3 Å². The van der Waals surface area contributed by atoms with Gasteiger partial charge in [-0.05, 0) is 77.0 Å². The standard InChI is InChI=1S/C48H73O13P/c1-3-5-7-9-11-13-15-17-18-19-20-21-22-23-25-26-28-30-32-34-36-41(49)58-38-40(39-59-62(56,57)61-48-46(54)44(52)43(51)45(53)47(48)55)60-42(50)37-35-33-31-29-27-24-16-14-12-10-8-6-4-2/h5-8,10-14,16-18,20-21,23-25,27-28,30,40,43-48,51-55H,3-4,9,15,19,22,26,29,31-39H2,1-2H3,(H,56,57)/b7-5+,8-6+,12-10+,13-11+,16-14+,18-17+,21-20+,25-23+,27-24+,30-28+/t40?,43?,44-,45?,46?,47?,48?/m0/s1. The van der Waals surface area contributed by atoms with E-state index in [1.807, 2.05) is 54.7 Å². The van der Waals surface area contributed by atoms with Crippen LogP contribution in [0.5, 0.6) is 0 Å². The SMILES string of the molecule is CC/C=C/C=C/C=C/C=C/CCCCCC(=O)OC(COC(=O)CCC/C=C/C/C=C/C/C=C/C/C=C/C/C=C/C/C=C/CC)COP(=O)(O)OC1C(O)C(O)C(O)[C@H](O)C1O. The molecule has 13 nitrogen and oxygen atoms in total. The zero-order valence-electron chi connectivity index (χ0n) is 36.6. The van der Waals surface area contributed by atoms with Gasteiger partial charge in [0.2, 0.25) is 0 Å². The average Bonchev–Trinajstić information content (AvgIpc) is 3.25. The summed E-state index contributed by atoms with van der Waals surface area (Å²) >= 11 is 0. The van der Waals surface area contributed by atoms with Gasteiger partial charge in [0.15, 0.2) is 6.10 Å². The van der Waals surface area contributed by atoms with E-state index < -0.39 is 75.7 Å². The zero-order valence-corrected chi connectivity index (χ0v) is 37.5. The van der Waals surface area contributed by atoms with Gasteiger partial charge in [-0.25, -0.2) is 4.57 Å². The monoisotopic (exact) mass is 888 g/mol. The van der Waals surface area contributed by atoms with Crippen molar-refractivity contribution in [2.24, 2.45) is 0 Å². The van der Waals surface area contributed by atoms with Crippen molar-refractivity contribution in [3.63, 3.8) is 0 Å². The highest BCUT2D eigenvalue weighted by Crippen LogP contribution is 2.47. The first kappa shape index (κ1) is 56.3. The van der Waals surface area contributed by atoms with Crippen molar-refractivity contribution in [1.29, 1.82) is 0 Å². The molecule has 0 amide bonds. The van der Waals surface area contributed by atoms with Crippen LogP contribution in [-0.2, 0) is 32.7 Å². The van der Waals surface area contributed by atoms with E-state index in [4.69, 9.17) is 18.5 Å². The molecule has 6 N–H and O–H groups in total. The number of hydrogen-bond donors (Lipinski definition) is 6. The lowest BCUT2D eigenvalue weighted by molar-refractivity contribution is -0.220. The largest absolute Gasteiger partial charge is 0.472 e. The minimum atomic E-state index is -5.15. The molecule has 0 aromatic rings. The van der Waals surface area contributed by atoms with Crippen LogP contribution >= 0.6 is 7.82 Å². The van der Waals surface area contributed by atoms with Crippen LogP contribution in [0.25, 0.3) is 0 Å². The van der Waals surface area contributed by atoms with Gasteiger partial charge in [0.25, 0.3) is 0 Å². The molecule has 1 aliphatic carbocycles. The predicted molar refractivity (Wildman–Crippen MR) is 244 cm³/mol. The van der Waals surface area contributed by atoms with Crippen LogP contribution in [0.1, 0.15) is 110 Å². The fraction of sp³-hybridized carbons (Fsp3) is 0.542. The number of allylic oxidation sites excluding steroid dienone is 20. The maximum Gasteiger partial charge on any atom is 0.472 e. The fourth-order valence-electron chi connectivity index (χ4n) is 5.66. The number of phosphoric ester groups is 1. The lowest BCUT2D eigenvalue weighted by atomic mass is 9.85. The van der Waals surface area contributed by atoms with E-state index in [-0.39, 0.29) is 12.8 Å². The average molecular weight is 889 g/mol. The number of phosphoric acid groups is 1. The number of unbranched alkanes of at least 4 members (excludes halogenated alkanes) is 4. The number of rotatable bonds is 33. The third-order valence-corrected chi connectivity index (χ3v) is 10.1. The summed E-state index contributed by atoms with van der Waals surface area (Å²) in [4.78, 5) is 35.6. The molecule has 0 saturated heterocycles. The van der Waals surface area contributed by atoms with Crippen LogP contribution in [0, 0.1) is 0 Å². The number of carbonyl (C=O) groups excluding carboxylic acids is 2. The molecule has 0 spiro atoms. The molecule has 0 aliphatic heterocycles. The van der Waals surface area contributed by atoms with Crippen molar-refractivity contribution < 1.29 is 63.1 Å². The van der Waals surface area contributed by atoms with Crippen molar-refractivity contribution in [1.82, 2.24) is 0 Å². The Bertz CT molecular complexity index is 1540. The van der Waals surface area contributed by atoms with E-state index in [1.165, 1.54) is 0 Å². The van der Waals surface area contributed by atoms with Crippen molar-refractivity contribution in [3.8, 4) is 0 Å². The van der Waals surface area contributed by atoms with Crippen LogP contribution in [0.4, 0.5) is 0 Å². The summed E-state index contributed by atoms with van der Waals surface area (Å²) in [5, 5.41) is 50.1. The third kappa shape index (κ3) is 28.8. The van der Waals surface area contributed by atoms with Gasteiger partial charge in [-0.3, -0.25) is 18.6 Å². The van der Waals surface area contributed by atoms with Gasteiger partial charge in [-0.15, -0.1) is 0 Å². The molecule has 1 aliphatic rings. The molecule has 62 heavy (non-hydrogen) atoms. The molecule has 0 aromatic carbocycles. The summed E-state index contributed by atoms with van der Waals surface area (Å²) in [6.45, 7) is 2.92. The Morgan fingerprint density at radius 2 is 0.968 bits per heavy atom. The number of aliphatic hydroxyl groups is 5. The Balaban J connectivity index is 2.55. The summed E-state index contributed by atoms with van der Waals surface area (Å²) < 4.78 is 33.3.